The Labute approximate surface area is 683 Å². The van der Waals surface area contributed by atoms with E-state index in [9.17, 15) is 19.2 Å². The second-order valence-electron chi connectivity index (χ2n) is 34.6. The van der Waals surface area contributed by atoms with Crippen molar-refractivity contribution in [2.45, 2.75) is 111 Å². The third-order valence-electron chi connectivity index (χ3n) is 23.5. The van der Waals surface area contributed by atoms with Crippen LogP contribution in [-0.2, 0) is 21.7 Å². The predicted octanol–water partition coefficient (Wildman–Crippen LogP) is 29.8. The monoisotopic (exact) mass is 1480 g/mol. The lowest BCUT2D eigenvalue weighted by Gasteiger charge is -2.45. The van der Waals surface area contributed by atoms with Gasteiger partial charge in [-0.3, -0.25) is 0 Å². The van der Waals surface area contributed by atoms with Crippen molar-refractivity contribution in [2.24, 2.45) is 0 Å². The first kappa shape index (κ1) is 53.1. The van der Waals surface area contributed by atoms with Crippen LogP contribution in [0.2, 0.25) is 0 Å². The molecule has 6 nitrogen and oxygen atoms in total. The normalized spacial score (nSPS) is 15.9. The van der Waals surface area contributed by atoms with Crippen molar-refractivity contribution in [3.8, 4) is 50.4 Å². The third kappa shape index (κ3) is 10.7. The van der Waals surface area contributed by atoms with Crippen LogP contribution >= 0.6 is 0 Å². The topological polar surface area (TPSA) is 34.4 Å². The number of hydrogen-bond donors (Lipinski definition) is 0. The summed E-state index contributed by atoms with van der Waals surface area (Å²) in [6.07, 6.45) is 0. The molecule has 0 bridgehead atoms. The van der Waals surface area contributed by atoms with Gasteiger partial charge in [-0.25, -0.2) is 0 Å². The van der Waals surface area contributed by atoms with Crippen molar-refractivity contribution in [3.63, 3.8) is 0 Å². The minimum Gasteiger partial charge on any atom is -0.452 e. The van der Waals surface area contributed by atoms with Crippen LogP contribution < -0.4 is 9.80 Å². The van der Waals surface area contributed by atoms with Crippen LogP contribution in [0.4, 0.5) is 34.1 Å². The number of furan rings is 1. The lowest BCUT2D eigenvalue weighted by molar-refractivity contribution is 0.569. The van der Waals surface area contributed by atoms with Crippen molar-refractivity contribution in [1.29, 1.82) is 0 Å². The van der Waals surface area contributed by atoms with Gasteiger partial charge in [0.2, 0.25) is 0 Å². The highest BCUT2D eigenvalue weighted by atomic mass is 16.3. The van der Waals surface area contributed by atoms with Crippen molar-refractivity contribution in [3.05, 3.63) is 354 Å². The van der Waals surface area contributed by atoms with Gasteiger partial charge in [0.05, 0.1) is 94.8 Å². The molecule has 2 aliphatic rings. The molecule has 0 N–H and O–H groups in total. The van der Waals surface area contributed by atoms with Crippen LogP contribution in [0.5, 0.6) is 0 Å². The molecule has 4 aromatic heterocycles. The molecule has 15 aromatic carbocycles. The lowest BCUT2D eigenvalue weighted by atomic mass is 9.74. The minimum absolute atomic E-state index is 0.0880. The highest BCUT2D eigenvalue weighted by Crippen LogP contribution is 2.63. The summed E-state index contributed by atoms with van der Waals surface area (Å²) >= 11 is 0. The molecule has 0 fully saturated rings. The Balaban J connectivity index is 0.959. The largest absolute Gasteiger partial charge is 0.452 e. The quantitative estimate of drug-likeness (QED) is 0.152. The summed E-state index contributed by atoms with van der Waals surface area (Å²) in [5.74, 6) is -0.674. The van der Waals surface area contributed by atoms with Gasteiger partial charge in [-0.05, 0) is 198 Å². The number of rotatable bonds is 8. The van der Waals surface area contributed by atoms with E-state index >= 15 is 0 Å². The molecule has 21 rings (SSSR count). The maximum Gasteiger partial charge on any atom is 0.159 e. The zero-order valence-corrected chi connectivity index (χ0v) is 65.0. The van der Waals surface area contributed by atoms with Crippen molar-refractivity contribution in [1.82, 2.24) is 13.7 Å². The van der Waals surface area contributed by atoms with E-state index < -0.39 is 103 Å². The second kappa shape index (κ2) is 24.8. The smallest absolute Gasteiger partial charge is 0.159 e. The molecule has 113 heavy (non-hydrogen) atoms. The molecule has 0 radical (unpaired) electrons. The van der Waals surface area contributed by atoms with E-state index in [4.69, 9.17) is 7.16 Å². The molecule has 1 atom stereocenters. The molecule has 0 saturated carbocycles. The van der Waals surface area contributed by atoms with Gasteiger partial charge in [0.15, 0.2) is 11.2 Å². The van der Waals surface area contributed by atoms with Crippen LogP contribution in [0.25, 0.3) is 138 Å². The number of hydrogen-bond acceptors (Lipinski definition) is 3. The fourth-order valence-corrected chi connectivity index (χ4v) is 17.7. The Bertz CT molecular complexity index is 7880. The van der Waals surface area contributed by atoms with E-state index in [1.807, 2.05) is 72.8 Å². The Morgan fingerprint density at radius 2 is 0.681 bits per heavy atom. The Morgan fingerprint density at radius 1 is 0.257 bits per heavy atom. The zero-order valence-electron chi connectivity index (χ0n) is 81.0. The Morgan fingerprint density at radius 3 is 1.19 bits per heavy atom. The van der Waals surface area contributed by atoms with Gasteiger partial charge in [0.1, 0.15) is 0 Å². The first-order valence-corrected chi connectivity index (χ1v) is 38.8. The van der Waals surface area contributed by atoms with E-state index in [-0.39, 0.29) is 82.2 Å². The van der Waals surface area contributed by atoms with E-state index in [1.165, 1.54) is 4.57 Å². The van der Waals surface area contributed by atoms with Gasteiger partial charge >= 0.3 is 0 Å². The highest BCUT2D eigenvalue weighted by Gasteiger charge is 2.44. The maximum absolute atomic E-state index is 10.2. The van der Waals surface area contributed by atoms with Gasteiger partial charge < -0.3 is 27.9 Å². The zero-order chi connectivity index (χ0) is 90.8. The fraction of sp³-hybridized carbons (Fsp3) is 0.159. The molecule has 0 spiro atoms. The number of nitrogens with zero attached hydrogens (tertiary/aromatic N) is 5. The van der Waals surface area contributed by atoms with Crippen molar-refractivity contribution in [2.75, 3.05) is 9.80 Å². The molecule has 6 heterocycles. The minimum atomic E-state index is -0.674. The van der Waals surface area contributed by atoms with Crippen molar-refractivity contribution >= 4 is 121 Å². The van der Waals surface area contributed by atoms with E-state index in [0.717, 1.165) is 111 Å². The van der Waals surface area contributed by atoms with Gasteiger partial charge in [0.25, 0.3) is 0 Å². The van der Waals surface area contributed by atoms with Gasteiger partial charge in [-0.2, -0.15) is 0 Å². The summed E-state index contributed by atoms with van der Waals surface area (Å²) in [4.78, 5) is 4.47. The number of fused-ring (bicyclic) bond motifs is 16. The summed E-state index contributed by atoms with van der Waals surface area (Å²) in [7, 11) is 0. The second-order valence-corrected chi connectivity index (χ2v) is 34.6. The number of para-hydroxylation sites is 6. The molecule has 0 saturated heterocycles. The molecule has 19 aromatic rings. The van der Waals surface area contributed by atoms with E-state index in [2.05, 4.69) is 231 Å². The predicted molar refractivity (Wildman–Crippen MR) is 478 cm³/mol. The molecular formula is C107H89N5O. The average molecular weight is 1480 g/mol. The molecular weight excluding hydrogens is 1370 g/mol. The summed E-state index contributed by atoms with van der Waals surface area (Å²) in [6, 6.07) is 67.6. The molecule has 1 unspecified atom stereocenters. The SMILES string of the molecule is [2H]c1c([2H])c([2H])c2c(c1[2H])c1c([2H])c([2H])c([2H])c([2H])c1n2-c1cc2c3c(c1)N(c1cccc4c1oc1c(-n5c6c([2H])c([2H])c([2H])c([2H])c6c6c([2H])c([2H])c([2H])c([2H])c65)cccc14)c1cc(-n4c5ccc(C(C)(C)C)cc5c5cc(C(C)(C)C)ccc54)ccc1C3c1ccc(-c3cc(C(C)(C)C)cc(C(C)(C)C)c3)cc1N2c1cc(-c2ccccc2)cc(-c2ccccc2)c1. The standard InChI is InChI=1S/C107H89N5O/c1-104(2,3)71-46-51-92-86(60-71)87-61-72(105(4,5)6)47-52-93(87)108(92)75-48-50-85-97(62-75)112(95-44-28-38-83-82-37-27-43-94(102(82)113-103(83)95)111-90-41-25-21-35-80(90)81-36-22-26-42-91(81)111)99-64-77(109-88-39-23-19-33-78(88)79-34-20-24-40-89(79)109)63-98-101(99)100(85)84-49-45-67(70-54-73(106(7,8)9)59-74(55-70)107(10,11)12)58-96(84)110(98)76-56-68(65-29-15-13-16-30-65)53-69(57-76)66-31-17-14-18-32-66/h13-64,100H,1-12H3/i19D,20D,21D,22D,23D,24D,25D,26D,33D,34D,35D,36D,39D,40D,41D,42D. The van der Waals surface area contributed by atoms with Crippen LogP contribution in [0.1, 0.15) is 150 Å². The average Bonchev–Trinajstić information content (AvgIpc) is 1.61. The van der Waals surface area contributed by atoms with Crippen LogP contribution in [0.3, 0.4) is 0 Å². The van der Waals surface area contributed by atoms with Gasteiger partial charge in [-0.1, -0.05) is 289 Å². The van der Waals surface area contributed by atoms with E-state index in [1.54, 1.807) is 16.7 Å². The molecule has 0 amide bonds. The van der Waals surface area contributed by atoms with Gasteiger partial charge in [-0.15, -0.1) is 0 Å². The summed E-state index contributed by atoms with van der Waals surface area (Å²) in [5, 5.41) is 2.83. The van der Waals surface area contributed by atoms with E-state index in [0.29, 0.717) is 39.1 Å². The molecule has 6 heteroatoms. The summed E-state index contributed by atoms with van der Waals surface area (Å²) in [6.45, 7) is 26.8. The van der Waals surface area contributed by atoms with Crippen molar-refractivity contribution < 1.29 is 26.3 Å². The third-order valence-corrected chi connectivity index (χ3v) is 23.5. The lowest BCUT2D eigenvalue weighted by Crippen LogP contribution is -2.30. The number of benzene rings is 15. The van der Waals surface area contributed by atoms with Gasteiger partial charge in [0, 0.05) is 65.9 Å². The number of aromatic nitrogens is 3. The fourth-order valence-electron chi connectivity index (χ4n) is 17.7. The molecule has 2 aliphatic heterocycles. The first-order chi connectivity index (χ1) is 61.2. The summed E-state index contributed by atoms with van der Waals surface area (Å²) < 4.78 is 166. The molecule has 0 aliphatic carbocycles. The first-order valence-electron chi connectivity index (χ1n) is 46.8. The summed E-state index contributed by atoms with van der Waals surface area (Å²) in [5.41, 5.74) is 18.9. The Kier molecular flexibility index (Phi) is 11.6. The Hall–Kier alpha value is -12.9. The highest BCUT2D eigenvalue weighted by molar-refractivity contribution is 6.17. The van der Waals surface area contributed by atoms with Crippen LogP contribution in [0.15, 0.2) is 319 Å². The van der Waals surface area contributed by atoms with Crippen LogP contribution in [0, 0.1) is 0 Å². The molecule has 548 valence electrons. The van der Waals surface area contributed by atoms with Crippen LogP contribution in [-0.4, -0.2) is 13.7 Å². The maximum atomic E-state index is 10.2. The number of anilines is 6.